The topological polar surface area (TPSA) is 68.0 Å². The molecule has 0 bridgehead atoms. The van der Waals surface area contributed by atoms with Crippen molar-refractivity contribution in [2.45, 2.75) is 12.5 Å². The molecule has 0 fully saturated rings. The fourth-order valence-corrected chi connectivity index (χ4v) is 3.51. The highest BCUT2D eigenvalue weighted by Gasteiger charge is 2.23. The summed E-state index contributed by atoms with van der Waals surface area (Å²) in [5, 5.41) is 7.47. The Balaban J connectivity index is 1.63. The molecule has 5 nitrogen and oxygen atoms in total. The van der Waals surface area contributed by atoms with Crippen molar-refractivity contribution in [3.05, 3.63) is 105 Å². The first-order chi connectivity index (χ1) is 14.6. The average Bonchev–Trinajstić information content (AvgIpc) is 3.25. The molecule has 7 heteroatoms. The van der Waals surface area contributed by atoms with Gasteiger partial charge in [0.05, 0.1) is 10.6 Å². The van der Waals surface area contributed by atoms with Crippen LogP contribution in [-0.2, 0) is 6.42 Å². The summed E-state index contributed by atoms with van der Waals surface area (Å²) in [6.07, 6.45) is 0.499. The minimum atomic E-state index is -0.507. The zero-order chi connectivity index (χ0) is 20.9. The Morgan fingerprint density at radius 1 is 1.00 bits per heavy atom. The number of carbonyl (C=O) groups excluding carboxylic acids is 1. The molecule has 4 rings (SSSR count). The van der Waals surface area contributed by atoms with Crippen molar-refractivity contribution < 1.29 is 9.32 Å². The molecule has 0 aliphatic rings. The van der Waals surface area contributed by atoms with Crippen LogP contribution in [0.2, 0.25) is 5.02 Å². The fourth-order valence-electron chi connectivity index (χ4n) is 3.02. The second-order valence-electron chi connectivity index (χ2n) is 6.66. The van der Waals surface area contributed by atoms with Gasteiger partial charge in [0, 0.05) is 16.5 Å². The molecule has 1 atom stereocenters. The zero-order valence-electron chi connectivity index (χ0n) is 15.8. The van der Waals surface area contributed by atoms with E-state index in [1.807, 2.05) is 54.6 Å². The third-order valence-electron chi connectivity index (χ3n) is 4.55. The molecule has 3 aromatic carbocycles. The van der Waals surface area contributed by atoms with E-state index >= 15 is 0 Å². The second-order valence-corrected chi connectivity index (χ2v) is 7.98. The minimum absolute atomic E-state index is 0.301. The number of aromatic nitrogens is 2. The fraction of sp³-hybridized carbons (Fsp3) is 0.0870. The summed E-state index contributed by atoms with van der Waals surface area (Å²) in [5.74, 6) is 0.490. The standard InChI is InChI=1S/C23H17BrClN3O2/c24-17-12-10-16(11-13-17)21-27-23(30-28-21)20(14-15-6-2-1-3-7-15)26-22(29)18-8-4-5-9-19(18)25/h1-13,20H,14H2,(H,26,29). The Hall–Kier alpha value is -2.96. The number of halogens is 2. The van der Waals surface area contributed by atoms with Gasteiger partial charge in [0.1, 0.15) is 6.04 Å². The number of nitrogens with zero attached hydrogens (tertiary/aromatic N) is 2. The van der Waals surface area contributed by atoms with Gasteiger partial charge in [-0.15, -0.1) is 0 Å². The van der Waals surface area contributed by atoms with E-state index in [-0.39, 0.29) is 5.91 Å². The van der Waals surface area contributed by atoms with Gasteiger partial charge in [-0.2, -0.15) is 4.98 Å². The van der Waals surface area contributed by atoms with Crippen LogP contribution < -0.4 is 5.32 Å². The van der Waals surface area contributed by atoms with Crippen molar-refractivity contribution in [2.24, 2.45) is 0 Å². The number of rotatable bonds is 6. The van der Waals surface area contributed by atoms with Gasteiger partial charge in [0.25, 0.3) is 5.91 Å². The SMILES string of the molecule is O=C(NC(Cc1ccccc1)c1nc(-c2ccc(Br)cc2)no1)c1ccccc1Cl. The molecular weight excluding hydrogens is 466 g/mol. The Labute approximate surface area is 187 Å². The molecule has 30 heavy (non-hydrogen) atoms. The first-order valence-electron chi connectivity index (χ1n) is 9.29. The van der Waals surface area contributed by atoms with Gasteiger partial charge in [-0.1, -0.05) is 75.2 Å². The van der Waals surface area contributed by atoms with Gasteiger partial charge in [0.15, 0.2) is 0 Å². The van der Waals surface area contributed by atoms with Gasteiger partial charge in [-0.3, -0.25) is 4.79 Å². The highest BCUT2D eigenvalue weighted by atomic mass is 79.9. The van der Waals surface area contributed by atoms with Crippen LogP contribution in [0.15, 0.2) is 87.9 Å². The molecule has 0 saturated carbocycles. The smallest absolute Gasteiger partial charge is 0.253 e. The first-order valence-corrected chi connectivity index (χ1v) is 10.5. The summed E-state index contributed by atoms with van der Waals surface area (Å²) in [5.41, 5.74) is 2.25. The number of nitrogens with one attached hydrogen (secondary N) is 1. The van der Waals surface area contributed by atoms with Crippen molar-refractivity contribution in [3.8, 4) is 11.4 Å². The predicted molar refractivity (Wildman–Crippen MR) is 119 cm³/mol. The molecule has 1 amide bonds. The predicted octanol–water partition coefficient (Wildman–Crippen LogP) is 5.87. The van der Waals surface area contributed by atoms with Crippen molar-refractivity contribution in [1.29, 1.82) is 0 Å². The van der Waals surface area contributed by atoms with Crippen LogP contribution in [0, 0.1) is 0 Å². The number of amides is 1. The summed E-state index contributed by atoms with van der Waals surface area (Å²) in [6, 6.07) is 23.8. The number of benzene rings is 3. The Morgan fingerprint density at radius 3 is 2.43 bits per heavy atom. The van der Waals surface area contributed by atoms with Crippen molar-refractivity contribution in [3.63, 3.8) is 0 Å². The maximum absolute atomic E-state index is 12.9. The molecule has 150 valence electrons. The van der Waals surface area contributed by atoms with Crippen LogP contribution in [0.5, 0.6) is 0 Å². The molecule has 0 spiro atoms. The van der Waals surface area contributed by atoms with Crippen molar-refractivity contribution in [2.75, 3.05) is 0 Å². The molecule has 4 aromatic rings. The largest absolute Gasteiger partial charge is 0.340 e. The highest BCUT2D eigenvalue weighted by molar-refractivity contribution is 9.10. The minimum Gasteiger partial charge on any atom is -0.340 e. The van der Waals surface area contributed by atoms with Crippen molar-refractivity contribution in [1.82, 2.24) is 15.5 Å². The maximum atomic E-state index is 12.9. The summed E-state index contributed by atoms with van der Waals surface area (Å²) in [6.45, 7) is 0. The van der Waals surface area contributed by atoms with Crippen LogP contribution in [-0.4, -0.2) is 16.0 Å². The van der Waals surface area contributed by atoms with Crippen molar-refractivity contribution >= 4 is 33.4 Å². The Morgan fingerprint density at radius 2 is 1.70 bits per heavy atom. The normalized spacial score (nSPS) is 11.8. The number of carbonyl (C=O) groups is 1. The van der Waals surface area contributed by atoms with E-state index in [4.69, 9.17) is 16.1 Å². The quantitative estimate of drug-likeness (QED) is 0.373. The molecule has 1 unspecified atom stereocenters. The van der Waals surface area contributed by atoms with Gasteiger partial charge in [-0.25, -0.2) is 0 Å². The van der Waals surface area contributed by atoms with Crippen LogP contribution in [0.25, 0.3) is 11.4 Å². The Kier molecular flexibility index (Phi) is 6.26. The van der Waals surface area contributed by atoms with E-state index in [0.717, 1.165) is 15.6 Å². The molecule has 1 N–H and O–H groups in total. The summed E-state index contributed by atoms with van der Waals surface area (Å²) < 4.78 is 6.49. The van der Waals surface area contributed by atoms with E-state index < -0.39 is 6.04 Å². The third-order valence-corrected chi connectivity index (χ3v) is 5.41. The number of hydrogen-bond donors (Lipinski definition) is 1. The van der Waals surface area contributed by atoms with E-state index in [0.29, 0.717) is 28.7 Å². The lowest BCUT2D eigenvalue weighted by atomic mass is 10.1. The second kappa shape index (κ2) is 9.24. The van der Waals surface area contributed by atoms with Crippen LogP contribution in [0.3, 0.4) is 0 Å². The average molecular weight is 483 g/mol. The molecule has 0 aliphatic carbocycles. The van der Waals surface area contributed by atoms with Gasteiger partial charge in [0.2, 0.25) is 11.7 Å². The highest BCUT2D eigenvalue weighted by Crippen LogP contribution is 2.24. The first kappa shape index (κ1) is 20.3. The lowest BCUT2D eigenvalue weighted by molar-refractivity contribution is 0.0928. The Bertz CT molecular complexity index is 1150. The zero-order valence-corrected chi connectivity index (χ0v) is 18.1. The lowest BCUT2D eigenvalue weighted by Gasteiger charge is -2.16. The summed E-state index contributed by atoms with van der Waals surface area (Å²) in [4.78, 5) is 17.4. The number of hydrogen-bond acceptors (Lipinski definition) is 4. The van der Waals surface area contributed by atoms with Crippen LogP contribution in [0.4, 0.5) is 0 Å². The maximum Gasteiger partial charge on any atom is 0.253 e. The van der Waals surface area contributed by atoms with Gasteiger partial charge < -0.3 is 9.84 Å². The van der Waals surface area contributed by atoms with Gasteiger partial charge in [-0.05, 0) is 42.0 Å². The summed E-state index contributed by atoms with van der Waals surface area (Å²) in [7, 11) is 0. The molecular formula is C23H17BrClN3O2. The molecule has 0 aliphatic heterocycles. The third kappa shape index (κ3) is 4.78. The van der Waals surface area contributed by atoms with E-state index in [1.165, 1.54) is 0 Å². The molecule has 1 heterocycles. The monoisotopic (exact) mass is 481 g/mol. The van der Waals surface area contributed by atoms with Crippen LogP contribution in [0.1, 0.15) is 27.9 Å². The van der Waals surface area contributed by atoms with E-state index in [2.05, 4.69) is 31.4 Å². The summed E-state index contributed by atoms with van der Waals surface area (Å²) >= 11 is 9.61. The van der Waals surface area contributed by atoms with E-state index in [9.17, 15) is 4.79 Å². The van der Waals surface area contributed by atoms with E-state index in [1.54, 1.807) is 24.3 Å². The lowest BCUT2D eigenvalue weighted by Crippen LogP contribution is -2.30. The van der Waals surface area contributed by atoms with Gasteiger partial charge >= 0.3 is 0 Å². The van der Waals surface area contributed by atoms with Crippen LogP contribution >= 0.6 is 27.5 Å². The molecule has 0 radical (unpaired) electrons. The molecule has 1 aromatic heterocycles. The molecule has 0 saturated heterocycles.